The lowest BCUT2D eigenvalue weighted by Crippen LogP contribution is -2.43. The molecule has 1 saturated heterocycles. The Morgan fingerprint density at radius 2 is 2.35 bits per heavy atom. The highest BCUT2D eigenvalue weighted by molar-refractivity contribution is 7.09. The molecule has 0 radical (unpaired) electrons. The highest BCUT2D eigenvalue weighted by Gasteiger charge is 2.22. The van der Waals surface area contributed by atoms with Crippen LogP contribution in [-0.4, -0.2) is 47.1 Å². The first-order valence-corrected chi connectivity index (χ1v) is 6.91. The van der Waals surface area contributed by atoms with Crippen molar-refractivity contribution in [1.82, 2.24) is 20.9 Å². The van der Waals surface area contributed by atoms with Crippen molar-refractivity contribution >= 4 is 29.2 Å². The Bertz CT molecular complexity index is 530. The van der Waals surface area contributed by atoms with Crippen LogP contribution in [0, 0.1) is 0 Å². The molecule has 20 heavy (non-hydrogen) atoms. The smallest absolute Gasteiger partial charge is 0.355 e. The number of nitrogens with one attached hydrogen (secondary N) is 3. The Hall–Kier alpha value is -2.16. The minimum atomic E-state index is -1.06. The topological polar surface area (TPSA) is 120 Å². The number of carbonyl (C=O) groups is 3. The van der Waals surface area contributed by atoms with Gasteiger partial charge in [0.1, 0.15) is 0 Å². The fourth-order valence-corrected chi connectivity index (χ4v) is 2.52. The molecule has 9 heteroatoms. The number of carboxylic acids is 1. The third-order valence-corrected chi connectivity index (χ3v) is 3.62. The van der Waals surface area contributed by atoms with E-state index in [1.165, 1.54) is 16.7 Å². The third kappa shape index (κ3) is 3.92. The van der Waals surface area contributed by atoms with Gasteiger partial charge in [-0.3, -0.25) is 4.79 Å². The second-order valence-electron chi connectivity index (χ2n) is 4.29. The maximum atomic E-state index is 11.5. The highest BCUT2D eigenvalue weighted by atomic mass is 32.1. The zero-order valence-corrected chi connectivity index (χ0v) is 11.3. The Balaban J connectivity index is 1.68. The predicted molar refractivity (Wildman–Crippen MR) is 70.7 cm³/mol. The van der Waals surface area contributed by atoms with Crippen molar-refractivity contribution in [1.29, 1.82) is 0 Å². The maximum absolute atomic E-state index is 11.5. The summed E-state index contributed by atoms with van der Waals surface area (Å²) in [6.45, 7) is 0.799. The maximum Gasteiger partial charge on any atom is 0.355 e. The lowest BCUT2D eigenvalue weighted by Gasteiger charge is -2.11. The van der Waals surface area contributed by atoms with Gasteiger partial charge in [-0.15, -0.1) is 11.3 Å². The van der Waals surface area contributed by atoms with Crippen molar-refractivity contribution in [2.75, 3.05) is 13.1 Å². The lowest BCUT2D eigenvalue weighted by atomic mass is 10.2. The molecule has 0 aromatic carbocycles. The standard InChI is InChI=1S/C11H14N4O4S/c16-8-3-6(4-13-8)14-11(19)12-2-1-9-15-7(5-20-9)10(17)18/h5-6H,1-4H2,(H,13,16)(H,17,18)(H2,12,14,19). The minimum Gasteiger partial charge on any atom is -0.476 e. The van der Waals surface area contributed by atoms with Crippen molar-refractivity contribution in [3.05, 3.63) is 16.1 Å². The summed E-state index contributed by atoms with van der Waals surface area (Å²) in [4.78, 5) is 37.1. The molecule has 1 aliphatic heterocycles. The Kier molecular flexibility index (Phi) is 4.51. The molecule has 4 N–H and O–H groups in total. The summed E-state index contributed by atoms with van der Waals surface area (Å²) in [5.74, 6) is -1.13. The van der Waals surface area contributed by atoms with E-state index in [0.29, 0.717) is 30.9 Å². The molecular formula is C11H14N4O4S. The van der Waals surface area contributed by atoms with Gasteiger partial charge in [0.25, 0.3) is 0 Å². The van der Waals surface area contributed by atoms with E-state index in [4.69, 9.17) is 5.11 Å². The molecule has 1 fully saturated rings. The molecule has 3 amide bonds. The van der Waals surface area contributed by atoms with Crippen LogP contribution in [0.1, 0.15) is 21.9 Å². The lowest BCUT2D eigenvalue weighted by molar-refractivity contribution is -0.119. The second kappa shape index (κ2) is 6.33. The summed E-state index contributed by atoms with van der Waals surface area (Å²) < 4.78 is 0. The molecule has 2 heterocycles. The number of hydrogen-bond acceptors (Lipinski definition) is 5. The Morgan fingerprint density at radius 3 is 2.95 bits per heavy atom. The molecule has 0 aliphatic carbocycles. The molecule has 1 aromatic rings. The first kappa shape index (κ1) is 14.3. The van der Waals surface area contributed by atoms with Gasteiger partial charge in [0.05, 0.1) is 11.0 Å². The second-order valence-corrected chi connectivity index (χ2v) is 5.23. The van der Waals surface area contributed by atoms with Gasteiger partial charge in [0, 0.05) is 31.3 Å². The van der Waals surface area contributed by atoms with Gasteiger partial charge >= 0.3 is 12.0 Å². The van der Waals surface area contributed by atoms with Crippen LogP contribution >= 0.6 is 11.3 Å². The fraction of sp³-hybridized carbons (Fsp3) is 0.455. The molecule has 108 valence electrons. The van der Waals surface area contributed by atoms with E-state index in [2.05, 4.69) is 20.9 Å². The molecule has 0 spiro atoms. The number of urea groups is 1. The number of rotatable bonds is 5. The van der Waals surface area contributed by atoms with E-state index >= 15 is 0 Å². The van der Waals surface area contributed by atoms with Crippen LogP contribution in [0.4, 0.5) is 4.79 Å². The third-order valence-electron chi connectivity index (χ3n) is 2.71. The van der Waals surface area contributed by atoms with Crippen molar-refractivity contribution in [2.45, 2.75) is 18.9 Å². The molecule has 8 nitrogen and oxygen atoms in total. The van der Waals surface area contributed by atoms with Gasteiger partial charge in [-0.2, -0.15) is 0 Å². The first-order valence-electron chi connectivity index (χ1n) is 6.03. The van der Waals surface area contributed by atoms with Crippen molar-refractivity contribution in [3.63, 3.8) is 0 Å². The zero-order valence-electron chi connectivity index (χ0n) is 10.5. The number of carboxylic acid groups (broad SMARTS) is 1. The van der Waals surface area contributed by atoms with Crippen molar-refractivity contribution in [3.8, 4) is 0 Å². The van der Waals surface area contributed by atoms with E-state index in [0.717, 1.165) is 0 Å². The number of carbonyl (C=O) groups excluding carboxylic acids is 2. The van der Waals surface area contributed by atoms with Crippen LogP contribution in [0.2, 0.25) is 0 Å². The molecule has 1 aliphatic rings. The van der Waals surface area contributed by atoms with Crippen LogP contribution < -0.4 is 16.0 Å². The van der Waals surface area contributed by atoms with Crippen molar-refractivity contribution < 1.29 is 19.5 Å². The molecule has 2 rings (SSSR count). The number of thiazole rings is 1. The molecule has 1 unspecified atom stereocenters. The van der Waals surface area contributed by atoms with Gasteiger partial charge in [-0.1, -0.05) is 0 Å². The highest BCUT2D eigenvalue weighted by Crippen LogP contribution is 2.09. The van der Waals surface area contributed by atoms with E-state index in [9.17, 15) is 14.4 Å². The number of amides is 3. The van der Waals surface area contributed by atoms with Crippen LogP contribution in [0.15, 0.2) is 5.38 Å². The summed E-state index contributed by atoms with van der Waals surface area (Å²) in [5.41, 5.74) is 0.0185. The van der Waals surface area contributed by atoms with Crippen LogP contribution in [0.25, 0.3) is 0 Å². The SMILES string of the molecule is O=C1CC(NC(=O)NCCc2nc(C(=O)O)cs2)CN1. The van der Waals surface area contributed by atoms with Gasteiger partial charge in [-0.25, -0.2) is 14.6 Å². The average molecular weight is 298 g/mol. The number of hydrogen-bond donors (Lipinski definition) is 4. The quantitative estimate of drug-likeness (QED) is 0.588. The Morgan fingerprint density at radius 1 is 1.55 bits per heavy atom. The number of aromatic carboxylic acids is 1. The summed E-state index contributed by atoms with van der Waals surface area (Å²) in [5, 5.41) is 18.8. The van der Waals surface area contributed by atoms with Crippen LogP contribution in [-0.2, 0) is 11.2 Å². The molecular weight excluding hydrogens is 284 g/mol. The zero-order chi connectivity index (χ0) is 14.5. The van der Waals surface area contributed by atoms with Crippen LogP contribution in [0.5, 0.6) is 0 Å². The molecule has 1 atom stereocenters. The van der Waals surface area contributed by atoms with E-state index in [1.807, 2.05) is 0 Å². The van der Waals surface area contributed by atoms with Gasteiger partial charge in [0.2, 0.25) is 5.91 Å². The summed E-state index contributed by atoms with van der Waals surface area (Å²) in [7, 11) is 0. The molecule has 1 aromatic heterocycles. The summed E-state index contributed by atoms with van der Waals surface area (Å²) >= 11 is 1.24. The Labute approximate surface area is 118 Å². The van der Waals surface area contributed by atoms with E-state index < -0.39 is 5.97 Å². The van der Waals surface area contributed by atoms with E-state index in [1.54, 1.807) is 0 Å². The van der Waals surface area contributed by atoms with E-state index in [-0.39, 0.29) is 23.7 Å². The number of nitrogens with zero attached hydrogens (tertiary/aromatic N) is 1. The average Bonchev–Trinajstić information content (AvgIpc) is 2.99. The summed E-state index contributed by atoms with van der Waals surface area (Å²) in [6, 6.07) is -0.525. The van der Waals surface area contributed by atoms with Crippen molar-refractivity contribution in [2.24, 2.45) is 0 Å². The first-order chi connectivity index (χ1) is 9.54. The largest absolute Gasteiger partial charge is 0.476 e. The van der Waals surface area contributed by atoms with Gasteiger partial charge in [0.15, 0.2) is 5.69 Å². The monoisotopic (exact) mass is 298 g/mol. The minimum absolute atomic E-state index is 0.0185. The predicted octanol–water partition coefficient (Wildman–Crippen LogP) is -0.429. The van der Waals surface area contributed by atoms with Gasteiger partial charge in [-0.05, 0) is 0 Å². The van der Waals surface area contributed by atoms with Crippen LogP contribution in [0.3, 0.4) is 0 Å². The molecule has 0 saturated carbocycles. The molecule has 0 bridgehead atoms. The normalized spacial score (nSPS) is 17.6. The van der Waals surface area contributed by atoms with Gasteiger partial charge < -0.3 is 21.1 Å². The fourth-order valence-electron chi connectivity index (χ4n) is 1.75. The number of aromatic nitrogens is 1. The summed E-state index contributed by atoms with van der Waals surface area (Å²) in [6.07, 6.45) is 0.759.